The van der Waals surface area contributed by atoms with Crippen LogP contribution in [0.25, 0.3) is 11.3 Å². The van der Waals surface area contributed by atoms with E-state index in [-0.39, 0.29) is 29.4 Å². The highest BCUT2D eigenvalue weighted by atomic mass is 19.1. The third-order valence-corrected chi connectivity index (χ3v) is 4.48. The third kappa shape index (κ3) is 3.43. The highest BCUT2D eigenvalue weighted by Gasteiger charge is 2.31. The van der Waals surface area contributed by atoms with Gasteiger partial charge >= 0.3 is 0 Å². The summed E-state index contributed by atoms with van der Waals surface area (Å²) >= 11 is 0. The fraction of sp³-hybridized carbons (Fsp3) is 0.353. The first-order valence-electron chi connectivity index (χ1n) is 7.91. The molecule has 8 heteroatoms. The van der Waals surface area contributed by atoms with Gasteiger partial charge in [-0.05, 0) is 31.4 Å². The zero-order chi connectivity index (χ0) is 18.1. The number of hydrogen-bond donors (Lipinski definition) is 3. The van der Waals surface area contributed by atoms with Gasteiger partial charge < -0.3 is 16.6 Å². The van der Waals surface area contributed by atoms with Gasteiger partial charge in [0, 0.05) is 11.5 Å². The number of aromatic nitrogens is 2. The second-order valence-electron chi connectivity index (χ2n) is 6.18. The van der Waals surface area contributed by atoms with E-state index in [2.05, 4.69) is 9.97 Å². The summed E-state index contributed by atoms with van der Waals surface area (Å²) in [5.74, 6) is -1.74. The number of carbonyl (C=O) groups excluding carboxylic acids is 1. The SMILES string of the molecule is NC(=O)c1ccc(-c2nc(C3CCC(O)C(F)C3)cnc2N)cc1F. The molecule has 0 bridgehead atoms. The molecule has 1 fully saturated rings. The molecule has 0 spiro atoms. The molecule has 0 radical (unpaired) electrons. The van der Waals surface area contributed by atoms with Crippen LogP contribution in [0.1, 0.15) is 41.2 Å². The molecule has 1 aliphatic rings. The van der Waals surface area contributed by atoms with Crippen molar-refractivity contribution in [3.63, 3.8) is 0 Å². The van der Waals surface area contributed by atoms with Gasteiger partial charge in [0.15, 0.2) is 0 Å². The number of carbonyl (C=O) groups is 1. The predicted molar refractivity (Wildman–Crippen MR) is 87.9 cm³/mol. The maximum absolute atomic E-state index is 14.0. The molecule has 1 aromatic carbocycles. The first kappa shape index (κ1) is 17.2. The van der Waals surface area contributed by atoms with Crippen LogP contribution in [-0.2, 0) is 0 Å². The molecule has 5 N–H and O–H groups in total. The summed E-state index contributed by atoms with van der Waals surface area (Å²) < 4.78 is 27.8. The molecule has 1 heterocycles. The largest absolute Gasteiger partial charge is 0.390 e. The number of aliphatic hydroxyl groups is 1. The highest BCUT2D eigenvalue weighted by molar-refractivity contribution is 5.93. The van der Waals surface area contributed by atoms with Crippen LogP contribution in [0.15, 0.2) is 24.4 Å². The van der Waals surface area contributed by atoms with Crippen molar-refractivity contribution in [2.24, 2.45) is 5.73 Å². The van der Waals surface area contributed by atoms with E-state index in [0.717, 1.165) is 6.07 Å². The van der Waals surface area contributed by atoms with Gasteiger partial charge in [-0.25, -0.2) is 18.7 Å². The van der Waals surface area contributed by atoms with Crippen LogP contribution in [-0.4, -0.2) is 33.3 Å². The van der Waals surface area contributed by atoms with E-state index < -0.39 is 24.0 Å². The number of hydrogen-bond acceptors (Lipinski definition) is 5. The molecular formula is C17H18F2N4O2. The molecular weight excluding hydrogens is 330 g/mol. The summed E-state index contributed by atoms with van der Waals surface area (Å²) in [5.41, 5.74) is 11.9. The molecule has 1 aliphatic carbocycles. The fourth-order valence-electron chi connectivity index (χ4n) is 3.05. The van der Waals surface area contributed by atoms with Gasteiger partial charge in [0.25, 0.3) is 5.91 Å². The van der Waals surface area contributed by atoms with Crippen LogP contribution in [0, 0.1) is 5.82 Å². The van der Waals surface area contributed by atoms with Gasteiger partial charge in [-0.3, -0.25) is 4.79 Å². The van der Waals surface area contributed by atoms with E-state index in [0.29, 0.717) is 24.1 Å². The molecule has 3 unspecified atom stereocenters. The van der Waals surface area contributed by atoms with Gasteiger partial charge in [0.05, 0.1) is 23.6 Å². The molecule has 1 aromatic heterocycles. The lowest BCUT2D eigenvalue weighted by Gasteiger charge is -2.28. The molecule has 132 valence electrons. The maximum atomic E-state index is 14.0. The zero-order valence-corrected chi connectivity index (χ0v) is 13.3. The molecule has 1 saturated carbocycles. The number of halogens is 2. The third-order valence-electron chi connectivity index (χ3n) is 4.48. The molecule has 6 nitrogen and oxygen atoms in total. The number of nitrogens with two attached hydrogens (primary N) is 2. The lowest BCUT2D eigenvalue weighted by Crippen LogP contribution is -2.30. The van der Waals surface area contributed by atoms with E-state index >= 15 is 0 Å². The zero-order valence-electron chi connectivity index (χ0n) is 13.3. The standard InChI is InChI=1S/C17H18F2N4O2/c18-11-6-9(1-3-10(11)17(21)25)15-16(20)22-7-13(23-15)8-2-4-14(24)12(19)5-8/h1,3,6-8,12,14,24H,2,4-5H2,(H2,20,22)(H2,21,25). The number of primary amides is 1. The average molecular weight is 348 g/mol. The van der Waals surface area contributed by atoms with Crippen LogP contribution in [0.5, 0.6) is 0 Å². The number of nitrogens with zero attached hydrogens (tertiary/aromatic N) is 2. The predicted octanol–water partition coefficient (Wildman–Crippen LogP) is 1.93. The monoisotopic (exact) mass is 348 g/mol. The van der Waals surface area contributed by atoms with Crippen molar-refractivity contribution in [3.05, 3.63) is 41.5 Å². The molecule has 0 aliphatic heterocycles. The fourth-order valence-corrected chi connectivity index (χ4v) is 3.05. The van der Waals surface area contributed by atoms with Crippen LogP contribution < -0.4 is 11.5 Å². The Balaban J connectivity index is 1.95. The smallest absolute Gasteiger partial charge is 0.251 e. The van der Waals surface area contributed by atoms with Crippen molar-refractivity contribution >= 4 is 11.7 Å². The summed E-state index contributed by atoms with van der Waals surface area (Å²) in [5, 5.41) is 9.51. The van der Waals surface area contributed by atoms with Crippen LogP contribution in [0.3, 0.4) is 0 Å². The number of benzene rings is 1. The summed E-state index contributed by atoms with van der Waals surface area (Å²) in [6.07, 6.45) is 0.279. The van der Waals surface area contributed by atoms with Gasteiger partial charge in [-0.1, -0.05) is 6.07 Å². The van der Waals surface area contributed by atoms with Crippen molar-refractivity contribution in [1.29, 1.82) is 0 Å². The number of nitrogen functional groups attached to an aromatic ring is 1. The minimum atomic E-state index is -1.31. The summed E-state index contributed by atoms with van der Waals surface area (Å²) in [6, 6.07) is 3.86. The Kier molecular flexibility index (Phi) is 4.63. The lowest BCUT2D eigenvalue weighted by molar-refractivity contribution is 0.0363. The van der Waals surface area contributed by atoms with Crippen molar-refractivity contribution in [2.45, 2.75) is 37.5 Å². The van der Waals surface area contributed by atoms with E-state index in [1.54, 1.807) is 0 Å². The Morgan fingerprint density at radius 2 is 2.08 bits per heavy atom. The minimum absolute atomic E-state index is 0.0996. The summed E-state index contributed by atoms with van der Waals surface area (Å²) in [4.78, 5) is 19.6. The van der Waals surface area contributed by atoms with E-state index in [4.69, 9.17) is 11.5 Å². The number of anilines is 1. The van der Waals surface area contributed by atoms with Crippen molar-refractivity contribution in [3.8, 4) is 11.3 Å². The topological polar surface area (TPSA) is 115 Å². The quantitative estimate of drug-likeness (QED) is 0.784. The molecule has 2 aromatic rings. The van der Waals surface area contributed by atoms with Gasteiger partial charge in [0.1, 0.15) is 23.5 Å². The highest BCUT2D eigenvalue weighted by Crippen LogP contribution is 2.35. The normalized spacial score (nSPS) is 23.4. The summed E-state index contributed by atoms with van der Waals surface area (Å²) in [6.45, 7) is 0. The van der Waals surface area contributed by atoms with Crippen molar-refractivity contribution in [2.75, 3.05) is 5.73 Å². The lowest BCUT2D eigenvalue weighted by atomic mass is 9.84. The second-order valence-corrected chi connectivity index (χ2v) is 6.18. The molecule has 25 heavy (non-hydrogen) atoms. The first-order valence-corrected chi connectivity index (χ1v) is 7.91. The van der Waals surface area contributed by atoms with Gasteiger partial charge in [-0.2, -0.15) is 0 Å². The van der Waals surface area contributed by atoms with Crippen LogP contribution >= 0.6 is 0 Å². The number of aliphatic hydroxyl groups excluding tert-OH is 1. The Morgan fingerprint density at radius 1 is 1.32 bits per heavy atom. The molecule has 1 amide bonds. The maximum Gasteiger partial charge on any atom is 0.251 e. The number of rotatable bonds is 3. The average Bonchev–Trinajstić information content (AvgIpc) is 2.57. The van der Waals surface area contributed by atoms with Crippen molar-refractivity contribution < 1.29 is 18.7 Å². The van der Waals surface area contributed by atoms with Crippen LogP contribution in [0.4, 0.5) is 14.6 Å². The molecule has 0 saturated heterocycles. The molecule has 3 rings (SSSR count). The Bertz CT molecular complexity index is 815. The Hall–Kier alpha value is -2.61. The second kappa shape index (κ2) is 6.72. The summed E-state index contributed by atoms with van der Waals surface area (Å²) in [7, 11) is 0. The first-order chi connectivity index (χ1) is 11.9. The molecule has 3 atom stereocenters. The van der Waals surface area contributed by atoms with Crippen molar-refractivity contribution in [1.82, 2.24) is 9.97 Å². The van der Waals surface area contributed by atoms with Gasteiger partial charge in [-0.15, -0.1) is 0 Å². The minimum Gasteiger partial charge on any atom is -0.390 e. The van der Waals surface area contributed by atoms with E-state index in [1.165, 1.54) is 18.3 Å². The van der Waals surface area contributed by atoms with Crippen LogP contribution in [0.2, 0.25) is 0 Å². The van der Waals surface area contributed by atoms with Gasteiger partial charge in [0.2, 0.25) is 0 Å². The Labute approximate surface area is 142 Å². The van der Waals surface area contributed by atoms with E-state index in [1.807, 2.05) is 0 Å². The number of alkyl halides is 1. The Morgan fingerprint density at radius 3 is 2.72 bits per heavy atom. The number of amides is 1. The van der Waals surface area contributed by atoms with E-state index in [9.17, 15) is 18.7 Å².